The Bertz CT molecular complexity index is 696. The Morgan fingerprint density at radius 2 is 1.73 bits per heavy atom. The molecule has 1 aromatic carbocycles. The van der Waals surface area contributed by atoms with Crippen molar-refractivity contribution in [3.05, 3.63) is 42.0 Å². The van der Waals surface area contributed by atoms with Crippen molar-refractivity contribution >= 4 is 12.6 Å². The Kier molecular flexibility index (Phi) is 3.42. The lowest BCUT2D eigenvalue weighted by Crippen LogP contribution is -2.41. The highest BCUT2D eigenvalue weighted by molar-refractivity contribution is 6.62. The predicted octanol–water partition coefficient (Wildman–Crippen LogP) is 2.62. The molecule has 2 aromatic rings. The quantitative estimate of drug-likeness (QED) is 0.800. The molecule has 4 nitrogen and oxygen atoms in total. The molecule has 1 fully saturated rings. The van der Waals surface area contributed by atoms with Gasteiger partial charge in [0.2, 0.25) is 0 Å². The molecule has 1 aromatic heterocycles. The number of aromatic nitrogens is 2. The first-order valence-corrected chi connectivity index (χ1v) is 7.37. The fraction of sp³-hybridized carbons (Fsp3) is 0.438. The van der Waals surface area contributed by atoms with Crippen molar-refractivity contribution in [1.29, 1.82) is 0 Å². The number of hydrogen-bond donors (Lipinski definition) is 0. The standard InChI is InChI=1S/C16H20BFN2O2/c1-11-8-9-20(19-11)14-7-6-12(10-13(14)18)17-21-15(2,3)16(4,5)22-17/h6-10H,1-5H3. The second-order valence-corrected chi connectivity index (χ2v) is 6.70. The molecule has 2 heterocycles. The van der Waals surface area contributed by atoms with E-state index >= 15 is 0 Å². The summed E-state index contributed by atoms with van der Waals surface area (Å²) in [5.41, 5.74) is 1.05. The van der Waals surface area contributed by atoms with E-state index in [2.05, 4.69) is 5.10 Å². The highest BCUT2D eigenvalue weighted by Crippen LogP contribution is 2.36. The van der Waals surface area contributed by atoms with Crippen molar-refractivity contribution in [2.45, 2.75) is 45.8 Å². The summed E-state index contributed by atoms with van der Waals surface area (Å²) in [6.07, 6.45) is 1.74. The third-order valence-electron chi connectivity index (χ3n) is 4.47. The first-order chi connectivity index (χ1) is 10.2. The number of nitrogens with zero attached hydrogens (tertiary/aromatic N) is 2. The normalized spacial score (nSPS) is 19.6. The van der Waals surface area contributed by atoms with E-state index in [1.165, 1.54) is 10.7 Å². The first kappa shape index (κ1) is 15.2. The largest absolute Gasteiger partial charge is 0.494 e. The number of aryl methyl sites for hydroxylation is 1. The fourth-order valence-electron chi connectivity index (χ4n) is 2.38. The van der Waals surface area contributed by atoms with Gasteiger partial charge < -0.3 is 9.31 Å². The van der Waals surface area contributed by atoms with Gasteiger partial charge in [0.05, 0.1) is 16.9 Å². The molecule has 0 bridgehead atoms. The fourth-order valence-corrected chi connectivity index (χ4v) is 2.38. The van der Waals surface area contributed by atoms with Crippen LogP contribution in [0.25, 0.3) is 5.69 Å². The van der Waals surface area contributed by atoms with Gasteiger partial charge in [0.1, 0.15) is 11.5 Å². The van der Waals surface area contributed by atoms with Gasteiger partial charge in [-0.1, -0.05) is 6.07 Å². The van der Waals surface area contributed by atoms with E-state index in [-0.39, 0.29) is 5.82 Å². The van der Waals surface area contributed by atoms with Gasteiger partial charge in [-0.05, 0) is 58.3 Å². The highest BCUT2D eigenvalue weighted by Gasteiger charge is 2.51. The van der Waals surface area contributed by atoms with E-state index < -0.39 is 18.3 Å². The lowest BCUT2D eigenvalue weighted by Gasteiger charge is -2.32. The van der Waals surface area contributed by atoms with Crippen molar-refractivity contribution in [2.75, 3.05) is 0 Å². The summed E-state index contributed by atoms with van der Waals surface area (Å²) in [6, 6.07) is 6.80. The minimum absolute atomic E-state index is 0.352. The molecule has 0 unspecified atom stereocenters. The molecular formula is C16H20BFN2O2. The van der Waals surface area contributed by atoms with Crippen LogP contribution in [0, 0.1) is 12.7 Å². The topological polar surface area (TPSA) is 36.3 Å². The molecular weight excluding hydrogens is 282 g/mol. The molecule has 0 aliphatic carbocycles. The lowest BCUT2D eigenvalue weighted by molar-refractivity contribution is 0.00578. The van der Waals surface area contributed by atoms with Gasteiger partial charge >= 0.3 is 7.12 Å². The van der Waals surface area contributed by atoms with Crippen molar-refractivity contribution in [3.8, 4) is 5.69 Å². The molecule has 116 valence electrons. The van der Waals surface area contributed by atoms with Crippen LogP contribution < -0.4 is 5.46 Å². The minimum Gasteiger partial charge on any atom is -0.399 e. The SMILES string of the molecule is Cc1ccn(-c2ccc(B3OC(C)(C)C(C)(C)O3)cc2F)n1. The average molecular weight is 302 g/mol. The summed E-state index contributed by atoms with van der Waals surface area (Å²) in [7, 11) is -0.562. The molecule has 0 saturated carbocycles. The Balaban J connectivity index is 1.90. The van der Waals surface area contributed by atoms with Gasteiger partial charge in [-0.2, -0.15) is 5.10 Å². The molecule has 0 N–H and O–H groups in total. The van der Waals surface area contributed by atoms with Crippen LogP contribution in [-0.4, -0.2) is 28.1 Å². The third kappa shape index (κ3) is 2.46. The van der Waals surface area contributed by atoms with Crippen molar-refractivity contribution in [2.24, 2.45) is 0 Å². The molecule has 3 rings (SSSR count). The molecule has 1 saturated heterocycles. The van der Waals surface area contributed by atoms with E-state index in [4.69, 9.17) is 9.31 Å². The Hall–Kier alpha value is -1.66. The van der Waals surface area contributed by atoms with E-state index in [0.717, 1.165) is 5.69 Å². The van der Waals surface area contributed by atoms with Crippen molar-refractivity contribution < 1.29 is 13.7 Å². The molecule has 1 aliphatic heterocycles. The van der Waals surface area contributed by atoms with E-state index in [1.54, 1.807) is 12.3 Å². The summed E-state index contributed by atoms with van der Waals surface area (Å²) in [5.74, 6) is -0.352. The average Bonchev–Trinajstić information content (AvgIpc) is 2.91. The molecule has 0 spiro atoms. The molecule has 0 radical (unpaired) electrons. The van der Waals surface area contributed by atoms with E-state index in [0.29, 0.717) is 11.2 Å². The molecule has 0 atom stereocenters. The third-order valence-corrected chi connectivity index (χ3v) is 4.47. The van der Waals surface area contributed by atoms with Gasteiger partial charge in [-0.15, -0.1) is 0 Å². The van der Waals surface area contributed by atoms with Gasteiger partial charge in [0.25, 0.3) is 0 Å². The Labute approximate surface area is 130 Å². The monoisotopic (exact) mass is 302 g/mol. The number of halogens is 1. The van der Waals surface area contributed by atoms with Crippen LogP contribution in [0.4, 0.5) is 4.39 Å². The second-order valence-electron chi connectivity index (χ2n) is 6.70. The van der Waals surface area contributed by atoms with Crippen molar-refractivity contribution in [3.63, 3.8) is 0 Å². The van der Waals surface area contributed by atoms with Crippen LogP contribution in [0.2, 0.25) is 0 Å². The maximum Gasteiger partial charge on any atom is 0.494 e. The molecule has 6 heteroatoms. The number of hydrogen-bond acceptors (Lipinski definition) is 3. The van der Waals surface area contributed by atoms with E-state index in [1.807, 2.05) is 46.8 Å². The van der Waals surface area contributed by atoms with Crippen LogP contribution >= 0.6 is 0 Å². The molecule has 1 aliphatic rings. The highest BCUT2D eigenvalue weighted by atomic mass is 19.1. The second kappa shape index (κ2) is 4.93. The Morgan fingerprint density at radius 1 is 1.09 bits per heavy atom. The van der Waals surface area contributed by atoms with Crippen LogP contribution in [0.5, 0.6) is 0 Å². The summed E-state index contributed by atoms with van der Waals surface area (Å²) >= 11 is 0. The van der Waals surface area contributed by atoms with Gasteiger partial charge in [0, 0.05) is 6.20 Å². The van der Waals surface area contributed by atoms with Crippen LogP contribution in [-0.2, 0) is 9.31 Å². The first-order valence-electron chi connectivity index (χ1n) is 7.37. The predicted molar refractivity (Wildman–Crippen MR) is 84.0 cm³/mol. The minimum atomic E-state index is -0.562. The van der Waals surface area contributed by atoms with Crippen LogP contribution in [0.15, 0.2) is 30.5 Å². The molecule has 22 heavy (non-hydrogen) atoms. The van der Waals surface area contributed by atoms with Gasteiger partial charge in [0.15, 0.2) is 0 Å². The smallest absolute Gasteiger partial charge is 0.399 e. The zero-order valence-corrected chi connectivity index (χ0v) is 13.6. The van der Waals surface area contributed by atoms with Crippen molar-refractivity contribution in [1.82, 2.24) is 9.78 Å². The van der Waals surface area contributed by atoms with Gasteiger partial charge in [-0.3, -0.25) is 0 Å². The lowest BCUT2D eigenvalue weighted by atomic mass is 9.79. The number of rotatable bonds is 2. The summed E-state index contributed by atoms with van der Waals surface area (Å²) in [6.45, 7) is 9.77. The van der Waals surface area contributed by atoms with Gasteiger partial charge in [-0.25, -0.2) is 9.07 Å². The zero-order valence-electron chi connectivity index (χ0n) is 13.6. The molecule has 0 amide bonds. The maximum atomic E-state index is 14.4. The van der Waals surface area contributed by atoms with Crippen LogP contribution in [0.1, 0.15) is 33.4 Å². The maximum absolute atomic E-state index is 14.4. The number of benzene rings is 1. The summed E-state index contributed by atoms with van der Waals surface area (Å²) < 4.78 is 27.8. The zero-order chi connectivity index (χ0) is 16.1. The summed E-state index contributed by atoms with van der Waals surface area (Å²) in [4.78, 5) is 0. The Morgan fingerprint density at radius 3 is 2.23 bits per heavy atom. The van der Waals surface area contributed by atoms with Crippen LogP contribution in [0.3, 0.4) is 0 Å². The van der Waals surface area contributed by atoms with E-state index in [9.17, 15) is 4.39 Å². The summed E-state index contributed by atoms with van der Waals surface area (Å²) in [5, 5.41) is 4.23.